The van der Waals surface area contributed by atoms with E-state index in [9.17, 15) is 13.2 Å². The van der Waals surface area contributed by atoms with Crippen LogP contribution in [0.4, 0.5) is 0 Å². The lowest BCUT2D eigenvalue weighted by Crippen LogP contribution is -2.44. The van der Waals surface area contributed by atoms with Crippen molar-refractivity contribution in [3.63, 3.8) is 0 Å². The van der Waals surface area contributed by atoms with E-state index in [-0.39, 0.29) is 10.8 Å². The Hall–Kier alpha value is -1.44. The Labute approximate surface area is 149 Å². The van der Waals surface area contributed by atoms with Gasteiger partial charge >= 0.3 is 0 Å². The van der Waals surface area contributed by atoms with Gasteiger partial charge in [-0.05, 0) is 48.9 Å². The molecule has 1 aromatic carbocycles. The molecule has 1 amide bonds. The largest absolute Gasteiger partial charge is 0.338 e. The summed E-state index contributed by atoms with van der Waals surface area (Å²) >= 11 is 0. The predicted octanol–water partition coefficient (Wildman–Crippen LogP) is 2.52. The number of benzene rings is 1. The van der Waals surface area contributed by atoms with Crippen LogP contribution in [0.3, 0.4) is 0 Å². The van der Waals surface area contributed by atoms with Crippen LogP contribution in [0.1, 0.15) is 42.5 Å². The van der Waals surface area contributed by atoms with Crippen molar-refractivity contribution in [2.45, 2.75) is 37.0 Å². The van der Waals surface area contributed by atoms with E-state index in [1.165, 1.54) is 52.0 Å². The fourth-order valence-electron chi connectivity index (χ4n) is 3.98. The highest BCUT2D eigenvalue weighted by molar-refractivity contribution is 7.89. The molecule has 6 nitrogen and oxygen atoms in total. The predicted molar refractivity (Wildman–Crippen MR) is 94.4 cm³/mol. The summed E-state index contributed by atoms with van der Waals surface area (Å²) in [6.07, 6.45) is 6.19. The number of hydrogen-bond donors (Lipinski definition) is 0. The highest BCUT2D eigenvalue weighted by atomic mass is 32.2. The molecule has 1 aliphatic carbocycles. The van der Waals surface area contributed by atoms with Gasteiger partial charge in [-0.2, -0.15) is 0 Å². The van der Waals surface area contributed by atoms with Crippen LogP contribution < -0.4 is 0 Å². The van der Waals surface area contributed by atoms with Gasteiger partial charge in [0.15, 0.2) is 0 Å². The van der Waals surface area contributed by atoms with Crippen LogP contribution in [0.25, 0.3) is 0 Å². The van der Waals surface area contributed by atoms with Crippen LogP contribution in [-0.2, 0) is 14.9 Å². The van der Waals surface area contributed by atoms with Crippen LogP contribution in [0.2, 0.25) is 0 Å². The minimum atomic E-state index is -3.69. The SMILES string of the molecule is CON(C)S(=O)(=O)c1ccc(C(=O)N2CC[C@H]3CCCC[C@@H]3C2)cc1. The maximum Gasteiger partial charge on any atom is 0.264 e. The molecule has 138 valence electrons. The molecule has 2 aliphatic rings. The number of likely N-dealkylation sites (tertiary alicyclic amines) is 1. The summed E-state index contributed by atoms with van der Waals surface area (Å²) in [5.41, 5.74) is 0.535. The van der Waals surface area contributed by atoms with Crippen LogP contribution in [0.5, 0.6) is 0 Å². The van der Waals surface area contributed by atoms with E-state index in [1.54, 1.807) is 12.1 Å². The average molecular weight is 366 g/mol. The van der Waals surface area contributed by atoms with Gasteiger partial charge in [0.25, 0.3) is 15.9 Å². The van der Waals surface area contributed by atoms with Gasteiger partial charge in [0.1, 0.15) is 0 Å². The van der Waals surface area contributed by atoms with Crippen LogP contribution in [0, 0.1) is 11.8 Å². The first-order valence-electron chi connectivity index (χ1n) is 8.86. The van der Waals surface area contributed by atoms with Gasteiger partial charge in [-0.15, -0.1) is 0 Å². The Morgan fingerprint density at radius 1 is 1.12 bits per heavy atom. The molecule has 7 heteroatoms. The second-order valence-corrected chi connectivity index (χ2v) is 8.90. The lowest BCUT2D eigenvalue weighted by Gasteiger charge is -2.41. The summed E-state index contributed by atoms with van der Waals surface area (Å²) in [6, 6.07) is 6.11. The molecule has 1 saturated carbocycles. The Balaban J connectivity index is 1.71. The van der Waals surface area contributed by atoms with E-state index < -0.39 is 10.0 Å². The molecule has 25 heavy (non-hydrogen) atoms. The number of hydrogen-bond acceptors (Lipinski definition) is 4. The monoisotopic (exact) mass is 366 g/mol. The Kier molecular flexibility index (Phi) is 5.46. The van der Waals surface area contributed by atoms with E-state index >= 15 is 0 Å². The molecule has 1 aromatic rings. The molecule has 0 bridgehead atoms. The van der Waals surface area contributed by atoms with Crippen molar-refractivity contribution in [3.8, 4) is 0 Å². The number of amides is 1. The summed E-state index contributed by atoms with van der Waals surface area (Å²) in [5.74, 6) is 1.39. The van der Waals surface area contributed by atoms with E-state index in [0.717, 1.165) is 29.9 Å². The van der Waals surface area contributed by atoms with Gasteiger partial charge in [-0.1, -0.05) is 23.7 Å². The van der Waals surface area contributed by atoms with Crippen molar-refractivity contribution in [1.29, 1.82) is 0 Å². The van der Waals surface area contributed by atoms with Crippen molar-refractivity contribution in [2.24, 2.45) is 11.8 Å². The number of carbonyl (C=O) groups is 1. The molecule has 0 aromatic heterocycles. The number of piperidine rings is 1. The third-order valence-electron chi connectivity index (χ3n) is 5.57. The number of fused-ring (bicyclic) bond motifs is 1. The van der Waals surface area contributed by atoms with Crippen molar-refractivity contribution >= 4 is 15.9 Å². The summed E-state index contributed by atoms with van der Waals surface area (Å²) in [5, 5.41) is 0. The molecule has 0 N–H and O–H groups in total. The molecule has 2 atom stereocenters. The Bertz CT molecular complexity index is 717. The summed E-state index contributed by atoms with van der Waals surface area (Å²) in [7, 11) is -1.05. The number of rotatable bonds is 4. The van der Waals surface area contributed by atoms with Gasteiger partial charge in [-0.3, -0.25) is 9.63 Å². The van der Waals surface area contributed by atoms with Crippen molar-refractivity contribution in [1.82, 2.24) is 9.37 Å². The first-order valence-corrected chi connectivity index (χ1v) is 10.3. The molecular formula is C18H26N2O4S. The third kappa shape index (κ3) is 3.73. The van der Waals surface area contributed by atoms with Gasteiger partial charge in [0, 0.05) is 25.7 Å². The first kappa shape index (κ1) is 18.4. The van der Waals surface area contributed by atoms with E-state index in [2.05, 4.69) is 0 Å². The zero-order valence-electron chi connectivity index (χ0n) is 14.8. The highest BCUT2D eigenvalue weighted by Crippen LogP contribution is 2.36. The van der Waals surface area contributed by atoms with Crippen molar-refractivity contribution in [2.75, 3.05) is 27.2 Å². The maximum atomic E-state index is 12.8. The summed E-state index contributed by atoms with van der Waals surface area (Å²) in [4.78, 5) is 19.6. The molecule has 0 unspecified atom stereocenters. The van der Waals surface area contributed by atoms with Crippen molar-refractivity contribution in [3.05, 3.63) is 29.8 Å². The summed E-state index contributed by atoms with van der Waals surface area (Å²) < 4.78 is 25.2. The highest BCUT2D eigenvalue weighted by Gasteiger charge is 2.33. The van der Waals surface area contributed by atoms with E-state index in [1.807, 2.05) is 4.90 Å². The smallest absolute Gasteiger partial charge is 0.264 e. The molecule has 1 heterocycles. The molecule has 1 saturated heterocycles. The number of carbonyl (C=O) groups excluding carboxylic acids is 1. The van der Waals surface area contributed by atoms with Crippen LogP contribution in [0.15, 0.2) is 29.2 Å². The lowest BCUT2D eigenvalue weighted by atomic mass is 9.75. The second kappa shape index (κ2) is 7.43. The second-order valence-electron chi connectivity index (χ2n) is 6.97. The minimum absolute atomic E-state index is 0.00642. The topological polar surface area (TPSA) is 66.9 Å². The number of hydroxylamine groups is 1. The lowest BCUT2D eigenvalue weighted by molar-refractivity contribution is -0.0258. The Morgan fingerprint density at radius 3 is 2.40 bits per heavy atom. The van der Waals surface area contributed by atoms with Crippen LogP contribution in [-0.4, -0.2) is 50.9 Å². The molecule has 2 fully saturated rings. The maximum absolute atomic E-state index is 12.8. The van der Waals surface area contributed by atoms with Crippen molar-refractivity contribution < 1.29 is 18.0 Å². The molecule has 3 rings (SSSR count). The third-order valence-corrected chi connectivity index (χ3v) is 7.27. The minimum Gasteiger partial charge on any atom is -0.338 e. The van der Waals surface area contributed by atoms with Gasteiger partial charge in [0.2, 0.25) is 0 Å². The fraction of sp³-hybridized carbons (Fsp3) is 0.611. The quantitative estimate of drug-likeness (QED) is 0.768. The average Bonchev–Trinajstić information content (AvgIpc) is 2.66. The first-order chi connectivity index (χ1) is 11.9. The van der Waals surface area contributed by atoms with Gasteiger partial charge in [0.05, 0.1) is 12.0 Å². The fourth-order valence-corrected chi connectivity index (χ4v) is 4.96. The zero-order chi connectivity index (χ0) is 18.0. The molecule has 0 spiro atoms. The number of sulfonamides is 1. The molecule has 1 aliphatic heterocycles. The molecular weight excluding hydrogens is 340 g/mol. The van der Waals surface area contributed by atoms with Gasteiger partial charge in [-0.25, -0.2) is 8.42 Å². The van der Waals surface area contributed by atoms with Gasteiger partial charge < -0.3 is 4.90 Å². The van der Waals surface area contributed by atoms with E-state index in [4.69, 9.17) is 4.84 Å². The molecule has 0 radical (unpaired) electrons. The standard InChI is InChI=1S/C18H26N2O4S/c1-19(24-2)25(22,23)17-9-7-15(8-10-17)18(21)20-12-11-14-5-3-4-6-16(14)13-20/h7-10,14,16H,3-6,11-13H2,1-2H3/t14-,16-/m1/s1. The normalized spacial score (nSPS) is 24.2. The van der Waals surface area contributed by atoms with Crippen LogP contribution >= 0.6 is 0 Å². The number of nitrogens with zero attached hydrogens (tertiary/aromatic N) is 2. The summed E-state index contributed by atoms with van der Waals surface area (Å²) in [6.45, 7) is 1.63. The zero-order valence-corrected chi connectivity index (χ0v) is 15.7. The Morgan fingerprint density at radius 2 is 1.76 bits per heavy atom. The van der Waals surface area contributed by atoms with E-state index in [0.29, 0.717) is 11.5 Å².